The Bertz CT molecular complexity index is 1120. The smallest absolute Gasteiger partial charge is 0.329 e. The topological polar surface area (TPSA) is 75.7 Å². The summed E-state index contributed by atoms with van der Waals surface area (Å²) in [5.74, 6) is -1.18. The molecule has 2 aromatic carbocycles. The molecule has 1 N–H and O–H groups in total. The summed E-state index contributed by atoms with van der Waals surface area (Å²) < 4.78 is 5.77. The van der Waals surface area contributed by atoms with Gasteiger partial charge in [-0.05, 0) is 61.4 Å². The quantitative estimate of drug-likeness (QED) is 0.529. The molecule has 1 saturated heterocycles. The number of nitrogens with zero attached hydrogens (tertiary/aromatic N) is 1. The Morgan fingerprint density at radius 2 is 1.76 bits per heavy atom. The van der Waals surface area contributed by atoms with Crippen LogP contribution in [0, 0.1) is 13.8 Å². The summed E-state index contributed by atoms with van der Waals surface area (Å²) in [6, 6.07) is 17.5. The summed E-state index contributed by atoms with van der Waals surface area (Å²) in [5, 5.41) is 4.71. The number of amides is 2. The van der Waals surface area contributed by atoms with Crippen LogP contribution in [-0.4, -0.2) is 35.3 Å². The van der Waals surface area contributed by atoms with Crippen LogP contribution in [0.3, 0.4) is 0 Å². The first-order valence-corrected chi connectivity index (χ1v) is 11.8. The molecule has 0 saturated carbocycles. The van der Waals surface area contributed by atoms with Gasteiger partial charge in [0.15, 0.2) is 0 Å². The predicted octanol–water partition coefficient (Wildman–Crippen LogP) is 4.89. The number of likely N-dealkylation sites (tertiary alicyclic amines) is 1. The van der Waals surface area contributed by atoms with Gasteiger partial charge >= 0.3 is 5.97 Å². The fourth-order valence-electron chi connectivity index (χ4n) is 4.15. The molecule has 6 nitrogen and oxygen atoms in total. The van der Waals surface area contributed by atoms with Crippen molar-refractivity contribution in [3.8, 4) is 0 Å². The lowest BCUT2D eigenvalue weighted by molar-refractivity contribution is -0.158. The molecule has 0 spiro atoms. The monoisotopic (exact) mass is 462 g/mol. The van der Waals surface area contributed by atoms with Crippen molar-refractivity contribution in [2.45, 2.75) is 38.8 Å². The Balaban J connectivity index is 1.54. The van der Waals surface area contributed by atoms with Crippen LogP contribution in [0.1, 0.15) is 45.3 Å². The van der Waals surface area contributed by atoms with E-state index in [-0.39, 0.29) is 5.91 Å². The van der Waals surface area contributed by atoms with Gasteiger partial charge in [0.2, 0.25) is 6.10 Å². The van der Waals surface area contributed by atoms with E-state index < -0.39 is 24.0 Å². The zero-order chi connectivity index (χ0) is 23.4. The van der Waals surface area contributed by atoms with Crippen molar-refractivity contribution >= 4 is 34.8 Å². The van der Waals surface area contributed by atoms with E-state index in [1.54, 1.807) is 35.2 Å². The summed E-state index contributed by atoms with van der Waals surface area (Å²) in [6.07, 6.45) is 0.0939. The fraction of sp³-hybridized carbons (Fsp3) is 0.269. The van der Waals surface area contributed by atoms with Crippen LogP contribution in [0.15, 0.2) is 66.0 Å². The maximum atomic E-state index is 13.2. The largest absolute Gasteiger partial charge is 0.446 e. The first kappa shape index (κ1) is 22.7. The minimum atomic E-state index is -1.13. The number of hydrogen-bond acceptors (Lipinski definition) is 5. The van der Waals surface area contributed by atoms with Gasteiger partial charge < -0.3 is 15.0 Å². The Morgan fingerprint density at radius 3 is 2.42 bits per heavy atom. The third-order valence-electron chi connectivity index (χ3n) is 5.58. The van der Waals surface area contributed by atoms with Crippen LogP contribution in [-0.2, 0) is 14.3 Å². The highest BCUT2D eigenvalue weighted by Crippen LogP contribution is 2.27. The van der Waals surface area contributed by atoms with Gasteiger partial charge in [-0.1, -0.05) is 42.5 Å². The number of nitrogens with one attached hydrogen (secondary N) is 1. The van der Waals surface area contributed by atoms with Gasteiger partial charge in [-0.25, -0.2) is 4.79 Å². The summed E-state index contributed by atoms with van der Waals surface area (Å²) in [6.45, 7) is 4.40. The Hall–Kier alpha value is -3.45. The summed E-state index contributed by atoms with van der Waals surface area (Å²) in [4.78, 5) is 41.4. The van der Waals surface area contributed by atoms with E-state index in [4.69, 9.17) is 4.74 Å². The van der Waals surface area contributed by atoms with Gasteiger partial charge in [-0.2, -0.15) is 0 Å². The van der Waals surface area contributed by atoms with Gasteiger partial charge in [0, 0.05) is 17.8 Å². The van der Waals surface area contributed by atoms with E-state index in [9.17, 15) is 14.4 Å². The number of anilines is 1. The standard InChI is InChI=1S/C26H26N2O4S/c1-17-14-18(2)16-20(15-17)27-24(29)23(19-8-4-3-5-9-19)32-26(31)21-10-6-12-28(21)25(30)22-11-7-13-33-22/h3-5,7-9,11,13-16,21,23H,6,10,12H2,1-2H3,(H,27,29)/t21-,23+/m1/s1. The van der Waals surface area contributed by atoms with Gasteiger partial charge in [0.1, 0.15) is 6.04 Å². The second kappa shape index (κ2) is 10.0. The minimum Gasteiger partial charge on any atom is -0.446 e. The first-order chi connectivity index (χ1) is 15.9. The molecule has 0 aliphatic carbocycles. The average molecular weight is 463 g/mol. The zero-order valence-electron chi connectivity index (χ0n) is 18.6. The molecule has 2 atom stereocenters. The molecule has 1 aliphatic rings. The maximum absolute atomic E-state index is 13.2. The van der Waals surface area contributed by atoms with Crippen molar-refractivity contribution in [3.63, 3.8) is 0 Å². The van der Waals surface area contributed by atoms with Crippen LogP contribution in [0.25, 0.3) is 0 Å². The number of carbonyl (C=O) groups excluding carboxylic acids is 3. The third kappa shape index (κ3) is 5.31. The van der Waals surface area contributed by atoms with E-state index in [0.717, 1.165) is 11.1 Å². The summed E-state index contributed by atoms with van der Waals surface area (Å²) >= 11 is 1.34. The van der Waals surface area contributed by atoms with Gasteiger partial charge in [0.25, 0.3) is 11.8 Å². The number of esters is 1. The number of carbonyl (C=O) groups is 3. The van der Waals surface area contributed by atoms with Crippen molar-refractivity contribution in [1.29, 1.82) is 0 Å². The van der Waals surface area contributed by atoms with Gasteiger partial charge in [0.05, 0.1) is 4.88 Å². The van der Waals surface area contributed by atoms with Crippen LogP contribution < -0.4 is 5.32 Å². The zero-order valence-corrected chi connectivity index (χ0v) is 19.4. The van der Waals surface area contributed by atoms with E-state index in [1.807, 2.05) is 49.6 Å². The molecule has 2 heterocycles. The number of aryl methyl sites for hydroxylation is 2. The maximum Gasteiger partial charge on any atom is 0.329 e. The van der Waals surface area contributed by atoms with E-state index in [0.29, 0.717) is 35.5 Å². The van der Waals surface area contributed by atoms with Crippen molar-refractivity contribution in [1.82, 2.24) is 4.90 Å². The van der Waals surface area contributed by atoms with E-state index in [1.165, 1.54) is 11.3 Å². The van der Waals surface area contributed by atoms with E-state index >= 15 is 0 Å². The Kier molecular flexibility index (Phi) is 6.89. The molecule has 1 aromatic heterocycles. The molecule has 0 bridgehead atoms. The molecule has 0 radical (unpaired) electrons. The van der Waals surface area contributed by atoms with Crippen LogP contribution in [0.5, 0.6) is 0 Å². The SMILES string of the molecule is Cc1cc(C)cc(NC(=O)[C@@H](OC(=O)[C@H]2CCCN2C(=O)c2cccs2)c2ccccc2)c1. The molecule has 1 aliphatic heterocycles. The van der Waals surface area contributed by atoms with Gasteiger partial charge in [-0.15, -0.1) is 11.3 Å². The molecule has 7 heteroatoms. The molecule has 0 unspecified atom stereocenters. The molecule has 33 heavy (non-hydrogen) atoms. The minimum absolute atomic E-state index is 0.180. The summed E-state index contributed by atoms with van der Waals surface area (Å²) in [5.41, 5.74) is 3.26. The average Bonchev–Trinajstić information content (AvgIpc) is 3.49. The molecule has 2 amide bonds. The molecular formula is C26H26N2O4S. The van der Waals surface area contributed by atoms with Gasteiger partial charge in [-0.3, -0.25) is 9.59 Å². The first-order valence-electron chi connectivity index (χ1n) is 10.9. The number of thiophene rings is 1. The number of benzene rings is 2. The molecule has 1 fully saturated rings. The Labute approximate surface area is 197 Å². The number of rotatable bonds is 6. The van der Waals surface area contributed by atoms with Crippen LogP contribution in [0.2, 0.25) is 0 Å². The lowest BCUT2D eigenvalue weighted by Gasteiger charge is -2.25. The lowest BCUT2D eigenvalue weighted by Crippen LogP contribution is -2.42. The normalized spacial score (nSPS) is 16.3. The van der Waals surface area contributed by atoms with Crippen molar-refractivity contribution in [2.75, 3.05) is 11.9 Å². The number of hydrogen-bond donors (Lipinski definition) is 1. The highest BCUT2D eigenvalue weighted by Gasteiger charge is 2.38. The summed E-state index contributed by atoms with van der Waals surface area (Å²) in [7, 11) is 0. The third-order valence-corrected chi connectivity index (χ3v) is 6.44. The number of ether oxygens (including phenoxy) is 1. The highest BCUT2D eigenvalue weighted by atomic mass is 32.1. The van der Waals surface area contributed by atoms with Crippen molar-refractivity contribution in [3.05, 3.63) is 87.6 Å². The molecule has 170 valence electrons. The molecular weight excluding hydrogens is 436 g/mol. The van der Waals surface area contributed by atoms with Crippen LogP contribution >= 0.6 is 11.3 Å². The predicted molar refractivity (Wildman–Crippen MR) is 128 cm³/mol. The fourth-order valence-corrected chi connectivity index (χ4v) is 4.83. The second-order valence-corrected chi connectivity index (χ2v) is 9.17. The lowest BCUT2D eigenvalue weighted by atomic mass is 10.1. The molecule has 4 rings (SSSR count). The molecule has 3 aromatic rings. The van der Waals surface area contributed by atoms with E-state index in [2.05, 4.69) is 5.32 Å². The van der Waals surface area contributed by atoms with Crippen molar-refractivity contribution < 1.29 is 19.1 Å². The highest BCUT2D eigenvalue weighted by molar-refractivity contribution is 7.12. The van der Waals surface area contributed by atoms with Crippen LogP contribution in [0.4, 0.5) is 5.69 Å². The Morgan fingerprint density at radius 1 is 1.03 bits per heavy atom. The van der Waals surface area contributed by atoms with Crippen molar-refractivity contribution in [2.24, 2.45) is 0 Å². The second-order valence-electron chi connectivity index (χ2n) is 8.23.